The number of amides is 2. The molecular weight excluding hydrogens is 750 g/mol. The molecule has 0 bridgehead atoms. The molecule has 0 radical (unpaired) electrons. The highest BCUT2D eigenvalue weighted by Gasteiger charge is 2.44. The van der Waals surface area contributed by atoms with Gasteiger partial charge in [-0.25, -0.2) is 14.2 Å². The Morgan fingerprint density at radius 3 is 2.35 bits per heavy atom. The Balaban J connectivity index is 1.89. The second-order valence-electron chi connectivity index (χ2n) is 9.89. The molecule has 0 aliphatic carbocycles. The number of halogens is 8. The van der Waals surface area contributed by atoms with Crippen LogP contribution in [-0.4, -0.2) is 64.9 Å². The molecule has 0 fully saturated rings. The summed E-state index contributed by atoms with van der Waals surface area (Å²) in [5, 5.41) is 9.55. The van der Waals surface area contributed by atoms with Crippen molar-refractivity contribution in [3.63, 3.8) is 0 Å². The maximum absolute atomic E-state index is 13.7. The van der Waals surface area contributed by atoms with Gasteiger partial charge in [0.15, 0.2) is 5.96 Å². The van der Waals surface area contributed by atoms with Crippen molar-refractivity contribution in [2.45, 2.75) is 36.9 Å². The van der Waals surface area contributed by atoms with E-state index in [1.54, 1.807) is 0 Å². The van der Waals surface area contributed by atoms with Gasteiger partial charge < -0.3 is 26.8 Å². The summed E-state index contributed by atoms with van der Waals surface area (Å²) >= 11 is 1.52. The first-order chi connectivity index (χ1) is 21.3. The minimum atomic E-state index is -5.59. The number of anilines is 1. The number of ether oxygens (including phenoxy) is 1. The van der Waals surface area contributed by atoms with Gasteiger partial charge in [-0.1, -0.05) is 0 Å². The second-order valence-corrected chi connectivity index (χ2v) is 11.1. The molecule has 46 heavy (non-hydrogen) atoms. The molecule has 2 aromatic carbocycles. The van der Waals surface area contributed by atoms with E-state index in [9.17, 15) is 49.9 Å². The number of benzene rings is 2. The van der Waals surface area contributed by atoms with Crippen molar-refractivity contribution in [3.05, 3.63) is 56.8 Å². The number of nitrogens with zero attached hydrogens (tertiary/aromatic N) is 3. The molecule has 3 aromatic rings. The Bertz CT molecular complexity index is 1740. The number of nitrogens with one attached hydrogen (secondary N) is 2. The van der Waals surface area contributed by atoms with Crippen molar-refractivity contribution in [2.24, 2.45) is 16.5 Å². The van der Waals surface area contributed by atoms with Gasteiger partial charge in [0, 0.05) is 20.6 Å². The Morgan fingerprint density at radius 2 is 1.78 bits per heavy atom. The van der Waals surface area contributed by atoms with Crippen molar-refractivity contribution in [3.8, 4) is 0 Å². The Labute approximate surface area is 266 Å². The zero-order chi connectivity index (χ0) is 34.1. The molecule has 4 rings (SSSR count). The van der Waals surface area contributed by atoms with E-state index in [1.165, 1.54) is 34.7 Å². The van der Waals surface area contributed by atoms with Crippen LogP contribution in [0.15, 0.2) is 41.5 Å². The zero-order valence-electron chi connectivity index (χ0n) is 22.9. The summed E-state index contributed by atoms with van der Waals surface area (Å²) in [6, 6.07) is 3.07. The number of hydrogen-bond donors (Lipinski definition) is 4. The minimum absolute atomic E-state index is 0.0128. The predicted molar refractivity (Wildman–Crippen MR) is 154 cm³/mol. The van der Waals surface area contributed by atoms with Crippen molar-refractivity contribution in [1.82, 2.24) is 15.1 Å². The average molecular weight is 771 g/mol. The van der Waals surface area contributed by atoms with Crippen LogP contribution in [0, 0.1) is 3.57 Å². The van der Waals surface area contributed by atoms with E-state index < -0.39 is 71.8 Å². The van der Waals surface area contributed by atoms with Crippen molar-refractivity contribution >= 4 is 68.9 Å². The number of carbonyl (C=O) groups is 4. The van der Waals surface area contributed by atoms with Crippen LogP contribution in [-0.2, 0) is 25.3 Å². The monoisotopic (exact) mass is 771 g/mol. The molecule has 6 N–H and O–H groups in total. The van der Waals surface area contributed by atoms with E-state index in [2.05, 4.69) is 25.5 Å². The van der Waals surface area contributed by atoms with Crippen LogP contribution in [0.25, 0.3) is 10.9 Å². The standard InChI is InChI=1S/C26H21F7IN7O5/c27-12-7-37-24(38-8-12)40-14-4-16(21(35)43)17-9-39-41(18(17)5-14)20(22(36)44)15(6-19(42)46-23(45)26(31,32)33)10-1-11(25(28,29)30)3-13(34)2-10/h1-5,9,12,15,20H,6-8H2,(H2,35,43)(H2,36,44)(H2,37,38,40)/t15-,20?/m0/s1. The van der Waals surface area contributed by atoms with Gasteiger partial charge in [-0.2, -0.15) is 31.4 Å². The Kier molecular flexibility index (Phi) is 9.78. The number of alkyl halides is 7. The number of fused-ring (bicyclic) bond motifs is 1. The first-order valence-corrected chi connectivity index (χ1v) is 13.9. The maximum atomic E-state index is 13.7. The molecule has 2 amide bonds. The molecule has 1 aromatic heterocycles. The third-order valence-electron chi connectivity index (χ3n) is 6.62. The summed E-state index contributed by atoms with van der Waals surface area (Å²) in [4.78, 5) is 53.2. The molecular formula is C26H21F7IN7O5. The lowest BCUT2D eigenvalue weighted by molar-refractivity contribution is -0.202. The second kappa shape index (κ2) is 13.1. The van der Waals surface area contributed by atoms with Crippen molar-refractivity contribution in [1.29, 1.82) is 0 Å². The number of primary amides is 2. The molecule has 0 spiro atoms. The smallest absolute Gasteiger partial charge is 0.386 e. The Hall–Kier alpha value is -4.50. The fourth-order valence-electron chi connectivity index (χ4n) is 4.66. The number of hydrogen-bond acceptors (Lipinski definition) is 9. The zero-order valence-corrected chi connectivity index (χ0v) is 25.0. The molecule has 1 aliphatic heterocycles. The summed E-state index contributed by atoms with van der Waals surface area (Å²) in [5.41, 5.74) is 9.41. The quantitative estimate of drug-likeness (QED) is 0.116. The normalized spacial score (nSPS) is 16.6. The lowest BCUT2D eigenvalue weighted by Crippen LogP contribution is -2.41. The number of rotatable bonds is 8. The van der Waals surface area contributed by atoms with Crippen LogP contribution in [0.3, 0.4) is 0 Å². The fraction of sp³-hybridized carbons (Fsp3) is 0.308. The van der Waals surface area contributed by atoms with Gasteiger partial charge in [0.05, 0.1) is 42.4 Å². The van der Waals surface area contributed by atoms with Crippen LogP contribution in [0.1, 0.15) is 39.9 Å². The summed E-state index contributed by atoms with van der Waals surface area (Å²) in [5.74, 6) is -8.74. The summed E-state index contributed by atoms with van der Waals surface area (Å²) in [6.07, 6.45) is -12.0. The lowest BCUT2D eigenvalue weighted by atomic mass is 9.87. The molecule has 0 saturated heterocycles. The maximum Gasteiger partial charge on any atom is 0.491 e. The first kappa shape index (κ1) is 34.4. The first-order valence-electron chi connectivity index (χ1n) is 12.8. The molecule has 0 saturated carbocycles. The van der Waals surface area contributed by atoms with Crippen molar-refractivity contribution in [2.75, 3.05) is 18.4 Å². The van der Waals surface area contributed by atoms with Gasteiger partial charge in [-0.05, 0) is 58.5 Å². The largest absolute Gasteiger partial charge is 0.491 e. The van der Waals surface area contributed by atoms with Crippen LogP contribution < -0.4 is 22.1 Å². The van der Waals surface area contributed by atoms with Crippen LogP contribution in [0.4, 0.5) is 36.4 Å². The van der Waals surface area contributed by atoms with Crippen LogP contribution >= 0.6 is 22.6 Å². The van der Waals surface area contributed by atoms with Gasteiger partial charge >= 0.3 is 24.3 Å². The third kappa shape index (κ3) is 7.83. The highest BCUT2D eigenvalue weighted by atomic mass is 127. The molecule has 12 nitrogen and oxygen atoms in total. The van der Waals surface area contributed by atoms with Crippen molar-refractivity contribution < 1.29 is 54.6 Å². The van der Waals surface area contributed by atoms with E-state index in [-0.39, 0.29) is 44.8 Å². The summed E-state index contributed by atoms with van der Waals surface area (Å²) in [6.45, 7) is -0.283. The number of aliphatic imine (C=N–C) groups is 1. The molecule has 2 heterocycles. The van der Waals surface area contributed by atoms with Gasteiger partial charge in [0.25, 0.3) is 0 Å². The van der Waals surface area contributed by atoms with E-state index in [4.69, 9.17) is 11.5 Å². The van der Waals surface area contributed by atoms with E-state index >= 15 is 0 Å². The van der Waals surface area contributed by atoms with Crippen LogP contribution in [0.5, 0.6) is 0 Å². The van der Waals surface area contributed by atoms with Gasteiger partial charge in [-0.3, -0.25) is 19.1 Å². The predicted octanol–water partition coefficient (Wildman–Crippen LogP) is 3.30. The van der Waals surface area contributed by atoms with Gasteiger partial charge in [0.1, 0.15) is 12.2 Å². The topological polar surface area (TPSA) is 184 Å². The highest BCUT2D eigenvalue weighted by Crippen LogP contribution is 2.39. The molecule has 246 valence electrons. The average Bonchev–Trinajstić information content (AvgIpc) is 3.35. The number of aromatic nitrogens is 2. The molecule has 1 aliphatic rings. The van der Waals surface area contributed by atoms with Gasteiger partial charge in [-0.15, -0.1) is 0 Å². The Morgan fingerprint density at radius 1 is 1.09 bits per heavy atom. The molecule has 3 atom stereocenters. The number of esters is 2. The minimum Gasteiger partial charge on any atom is -0.386 e. The number of nitrogens with two attached hydrogens (primary N) is 2. The molecule has 20 heteroatoms. The fourth-order valence-corrected chi connectivity index (χ4v) is 5.35. The highest BCUT2D eigenvalue weighted by molar-refractivity contribution is 14.1. The van der Waals surface area contributed by atoms with E-state index in [0.717, 1.165) is 23.0 Å². The molecule has 2 unspecified atom stereocenters. The third-order valence-corrected chi connectivity index (χ3v) is 7.24. The summed E-state index contributed by atoms with van der Waals surface area (Å²) in [7, 11) is 0. The SMILES string of the molecule is NC(=O)c1cc(NC2=NCC(F)CN2)cc2c1cnn2C(C(N)=O)[C@@H](CC(=O)OC(=O)C(F)(F)F)c1cc(I)cc(C(F)(F)F)c1. The van der Waals surface area contributed by atoms with E-state index in [1.807, 2.05) is 0 Å². The van der Waals surface area contributed by atoms with Gasteiger partial charge in [0.2, 0.25) is 11.8 Å². The van der Waals surface area contributed by atoms with Crippen LogP contribution in [0.2, 0.25) is 0 Å². The summed E-state index contributed by atoms with van der Waals surface area (Å²) < 4.78 is 97.8. The van der Waals surface area contributed by atoms with E-state index in [0.29, 0.717) is 6.07 Å². The number of carbonyl (C=O) groups excluding carboxylic acids is 4. The number of guanidine groups is 1. The lowest BCUT2D eigenvalue weighted by Gasteiger charge is -2.27.